The molecule has 0 fully saturated rings. The van der Waals surface area contributed by atoms with E-state index in [1.807, 2.05) is 36.4 Å². The topological polar surface area (TPSA) is 49.3 Å². The lowest BCUT2D eigenvalue weighted by Crippen LogP contribution is -2.34. The van der Waals surface area contributed by atoms with E-state index in [1.54, 1.807) is 0 Å². The van der Waals surface area contributed by atoms with Gasteiger partial charge in [-0.2, -0.15) is 0 Å². The highest BCUT2D eigenvalue weighted by Gasteiger charge is 2.13. The Morgan fingerprint density at radius 3 is 2.69 bits per heavy atom. The number of carbonyl (C=O) groups excluding carboxylic acids is 1. The summed E-state index contributed by atoms with van der Waals surface area (Å²) in [6.45, 7) is 2.64. The fourth-order valence-electron chi connectivity index (χ4n) is 2.53. The van der Waals surface area contributed by atoms with Crippen LogP contribution in [0.4, 0.5) is 0 Å². The van der Waals surface area contributed by atoms with E-state index in [4.69, 9.17) is 0 Å². The van der Waals surface area contributed by atoms with Gasteiger partial charge in [-0.05, 0) is 37.3 Å². The third kappa shape index (κ3) is 11.5. The zero-order valence-electron chi connectivity index (χ0n) is 16.0. The molecule has 0 aliphatic carbocycles. The smallest absolute Gasteiger partial charge is 0.249 e. The van der Waals surface area contributed by atoms with Gasteiger partial charge in [-0.1, -0.05) is 80.9 Å². The average Bonchev–Trinajstić information content (AvgIpc) is 2.67. The lowest BCUT2D eigenvalue weighted by atomic mass is 10.1. The normalized spacial score (nSPS) is 11.8. The molecule has 142 valence electrons. The van der Waals surface area contributed by atoms with E-state index in [0.717, 1.165) is 44.1 Å². The fraction of sp³-hybridized carbons (Fsp3) is 0.522. The molecule has 1 unspecified atom stereocenters. The molecule has 0 aromatic heterocycles. The van der Waals surface area contributed by atoms with E-state index < -0.39 is 6.10 Å². The van der Waals surface area contributed by atoms with Crippen LogP contribution in [0.5, 0.6) is 0 Å². The Hall–Kier alpha value is -2.05. The molecule has 1 aromatic rings. The van der Waals surface area contributed by atoms with Crippen molar-refractivity contribution in [3.63, 3.8) is 0 Å². The molecule has 1 amide bonds. The molecule has 1 atom stereocenters. The first kappa shape index (κ1) is 22.0. The summed E-state index contributed by atoms with van der Waals surface area (Å²) < 4.78 is 0. The molecule has 1 aromatic carbocycles. The summed E-state index contributed by atoms with van der Waals surface area (Å²) in [4.78, 5) is 11.9. The van der Waals surface area contributed by atoms with E-state index in [2.05, 4.69) is 30.2 Å². The van der Waals surface area contributed by atoms with Gasteiger partial charge in [0.05, 0.1) is 0 Å². The molecule has 3 nitrogen and oxygen atoms in total. The van der Waals surface area contributed by atoms with Gasteiger partial charge >= 0.3 is 0 Å². The van der Waals surface area contributed by atoms with Crippen molar-refractivity contribution in [3.05, 3.63) is 48.0 Å². The maximum atomic E-state index is 11.9. The Kier molecular flexibility index (Phi) is 12.9. The lowest BCUT2D eigenvalue weighted by molar-refractivity contribution is -0.129. The van der Waals surface area contributed by atoms with Crippen molar-refractivity contribution in [2.45, 2.75) is 77.4 Å². The van der Waals surface area contributed by atoms with Crippen molar-refractivity contribution >= 4 is 5.91 Å². The number of benzene rings is 1. The highest BCUT2D eigenvalue weighted by molar-refractivity contribution is 5.80. The molecule has 0 aliphatic heterocycles. The Morgan fingerprint density at radius 1 is 1.15 bits per heavy atom. The molecule has 0 bridgehead atoms. The van der Waals surface area contributed by atoms with Gasteiger partial charge in [0.15, 0.2) is 0 Å². The van der Waals surface area contributed by atoms with Crippen molar-refractivity contribution in [1.29, 1.82) is 0 Å². The second kappa shape index (κ2) is 15.2. The summed E-state index contributed by atoms with van der Waals surface area (Å²) in [6.07, 6.45) is 12.3. The Bertz CT molecular complexity index is 569. The molecule has 2 N–H and O–H groups in total. The first-order valence-electron chi connectivity index (χ1n) is 9.87. The van der Waals surface area contributed by atoms with Crippen LogP contribution in [0.1, 0.15) is 70.3 Å². The van der Waals surface area contributed by atoms with E-state index in [9.17, 15) is 9.90 Å². The van der Waals surface area contributed by atoms with Crippen LogP contribution in [0.2, 0.25) is 0 Å². The summed E-state index contributed by atoms with van der Waals surface area (Å²) in [6, 6.07) is 9.73. The van der Waals surface area contributed by atoms with Crippen LogP contribution in [-0.2, 0) is 11.3 Å². The van der Waals surface area contributed by atoms with Gasteiger partial charge in [0.2, 0.25) is 5.91 Å². The van der Waals surface area contributed by atoms with Gasteiger partial charge in [0.1, 0.15) is 6.10 Å². The zero-order chi connectivity index (χ0) is 18.9. The number of carbonyl (C=O) groups is 1. The van der Waals surface area contributed by atoms with Crippen LogP contribution >= 0.6 is 0 Å². The zero-order valence-corrected chi connectivity index (χ0v) is 16.0. The van der Waals surface area contributed by atoms with Gasteiger partial charge < -0.3 is 10.4 Å². The maximum absolute atomic E-state index is 11.9. The average molecular weight is 356 g/mol. The summed E-state index contributed by atoms with van der Waals surface area (Å²) in [5, 5.41) is 12.7. The molecule has 0 radical (unpaired) electrons. The number of hydrogen-bond acceptors (Lipinski definition) is 2. The number of nitrogens with one attached hydrogen (secondary N) is 1. The monoisotopic (exact) mass is 355 g/mol. The van der Waals surface area contributed by atoms with E-state index in [-0.39, 0.29) is 5.91 Å². The molecular formula is C23H33NO2. The largest absolute Gasteiger partial charge is 0.383 e. The maximum Gasteiger partial charge on any atom is 0.249 e. The van der Waals surface area contributed by atoms with Crippen molar-refractivity contribution in [3.8, 4) is 11.8 Å². The fourth-order valence-corrected chi connectivity index (χ4v) is 2.53. The van der Waals surface area contributed by atoms with Gasteiger partial charge in [-0.3, -0.25) is 4.79 Å². The second-order valence-electron chi connectivity index (χ2n) is 6.54. The van der Waals surface area contributed by atoms with Crippen LogP contribution < -0.4 is 5.32 Å². The van der Waals surface area contributed by atoms with E-state index in [0.29, 0.717) is 13.0 Å². The molecule has 0 aliphatic rings. The quantitative estimate of drug-likeness (QED) is 0.420. The number of allylic oxidation sites excluding steroid dienone is 2. The highest BCUT2D eigenvalue weighted by atomic mass is 16.3. The predicted molar refractivity (Wildman–Crippen MR) is 108 cm³/mol. The Balaban J connectivity index is 2.00. The third-order valence-electron chi connectivity index (χ3n) is 4.17. The predicted octanol–water partition coefficient (Wildman–Crippen LogP) is 4.75. The van der Waals surface area contributed by atoms with Crippen molar-refractivity contribution in [2.75, 3.05) is 0 Å². The third-order valence-corrected chi connectivity index (χ3v) is 4.17. The number of aliphatic hydroxyl groups is 1. The molecule has 0 spiro atoms. The van der Waals surface area contributed by atoms with Crippen LogP contribution in [0.15, 0.2) is 42.5 Å². The van der Waals surface area contributed by atoms with Gasteiger partial charge in [-0.15, -0.1) is 0 Å². The number of amides is 1. The molecule has 0 saturated carbocycles. The van der Waals surface area contributed by atoms with Crippen molar-refractivity contribution < 1.29 is 9.90 Å². The number of hydrogen-bond donors (Lipinski definition) is 2. The minimum atomic E-state index is -0.906. The molecule has 26 heavy (non-hydrogen) atoms. The SMILES string of the molecule is CCCCC#C/C=C/CCCCCCC(O)C(=O)NCc1ccccc1. The van der Waals surface area contributed by atoms with Gasteiger partial charge in [0.25, 0.3) is 0 Å². The van der Waals surface area contributed by atoms with Crippen molar-refractivity contribution in [1.82, 2.24) is 5.32 Å². The summed E-state index contributed by atoms with van der Waals surface area (Å²) in [5.41, 5.74) is 1.04. The minimum absolute atomic E-state index is 0.279. The minimum Gasteiger partial charge on any atom is -0.383 e. The lowest BCUT2D eigenvalue weighted by Gasteiger charge is -2.11. The molecular weight excluding hydrogens is 322 g/mol. The second-order valence-corrected chi connectivity index (χ2v) is 6.54. The summed E-state index contributed by atoms with van der Waals surface area (Å²) >= 11 is 0. The molecule has 0 saturated heterocycles. The Labute approximate surface area is 158 Å². The summed E-state index contributed by atoms with van der Waals surface area (Å²) in [5.74, 6) is 5.92. The van der Waals surface area contributed by atoms with E-state index >= 15 is 0 Å². The molecule has 3 heteroatoms. The molecule has 0 heterocycles. The number of rotatable bonds is 12. The van der Waals surface area contributed by atoms with Crippen molar-refractivity contribution in [2.24, 2.45) is 0 Å². The van der Waals surface area contributed by atoms with Crippen LogP contribution in [-0.4, -0.2) is 17.1 Å². The summed E-state index contributed by atoms with van der Waals surface area (Å²) in [7, 11) is 0. The van der Waals surface area contributed by atoms with E-state index in [1.165, 1.54) is 12.8 Å². The first-order valence-corrected chi connectivity index (χ1v) is 9.87. The van der Waals surface area contributed by atoms with Crippen LogP contribution in [0.3, 0.4) is 0 Å². The number of aliphatic hydroxyl groups excluding tert-OH is 1. The number of unbranched alkanes of at least 4 members (excludes halogenated alkanes) is 6. The van der Waals surface area contributed by atoms with Gasteiger partial charge in [0, 0.05) is 13.0 Å². The van der Waals surface area contributed by atoms with Crippen LogP contribution in [0, 0.1) is 11.8 Å². The molecule has 1 rings (SSSR count). The van der Waals surface area contributed by atoms with Gasteiger partial charge in [-0.25, -0.2) is 0 Å². The Morgan fingerprint density at radius 2 is 1.92 bits per heavy atom. The standard InChI is InChI=1S/C23H33NO2/c1-2-3-4-5-6-7-8-9-10-11-12-16-19-22(25)23(26)24-20-21-17-14-13-15-18-21/h7-8,13-15,17-18,22,25H,2-4,9-12,16,19-20H2,1H3,(H,24,26)/b8-7+. The highest BCUT2D eigenvalue weighted by Crippen LogP contribution is 2.08. The first-order chi connectivity index (χ1) is 12.7. The van der Waals surface area contributed by atoms with Crippen LogP contribution in [0.25, 0.3) is 0 Å².